The van der Waals surface area contributed by atoms with Crippen LogP contribution in [0.15, 0.2) is 12.4 Å². The summed E-state index contributed by atoms with van der Waals surface area (Å²) in [6.45, 7) is 0.596. The van der Waals surface area contributed by atoms with E-state index >= 15 is 0 Å². The van der Waals surface area contributed by atoms with Gasteiger partial charge in [0.25, 0.3) is 0 Å². The number of nitrogens with zero attached hydrogens (tertiary/aromatic N) is 2. The van der Waals surface area contributed by atoms with Gasteiger partial charge in [-0.15, -0.1) is 0 Å². The number of carbonyl (C=O) groups is 1. The zero-order chi connectivity index (χ0) is 11.1. The van der Waals surface area contributed by atoms with E-state index < -0.39 is 5.97 Å². The third kappa shape index (κ3) is 3.37. The van der Waals surface area contributed by atoms with Gasteiger partial charge in [-0.3, -0.25) is 0 Å². The molecular weight excluding hydrogens is 194 g/mol. The van der Waals surface area contributed by atoms with Crippen LogP contribution in [0.5, 0.6) is 0 Å². The molecule has 78 valence electrons. The first-order valence-corrected chi connectivity index (χ1v) is 4.31. The molecule has 1 heterocycles. The van der Waals surface area contributed by atoms with Crippen LogP contribution >= 0.6 is 0 Å². The number of hydrogen-bond acceptors (Lipinski definition) is 5. The van der Waals surface area contributed by atoms with Crippen molar-refractivity contribution in [3.63, 3.8) is 0 Å². The maximum Gasteiger partial charge on any atom is 0.376 e. The van der Waals surface area contributed by atoms with Crippen molar-refractivity contribution in [2.45, 2.75) is 0 Å². The van der Waals surface area contributed by atoms with E-state index in [0.29, 0.717) is 12.1 Å². The first kappa shape index (κ1) is 11.1. The van der Waals surface area contributed by atoms with Crippen molar-refractivity contribution in [3.8, 4) is 11.8 Å². The Morgan fingerprint density at radius 3 is 2.73 bits per heavy atom. The molecule has 0 spiro atoms. The molecule has 0 radical (unpaired) electrons. The van der Waals surface area contributed by atoms with Gasteiger partial charge in [-0.2, -0.15) is 0 Å². The number of esters is 1. The van der Waals surface area contributed by atoms with Gasteiger partial charge in [-0.05, 0) is 7.05 Å². The third-order valence-corrected chi connectivity index (χ3v) is 1.52. The van der Waals surface area contributed by atoms with E-state index in [1.807, 2.05) is 7.05 Å². The standard InChI is InChI=1S/C10H11N3O2/c1-11-5-3-4-8-6-12-9(13-7-8)10(14)15-2/h6-7,11H,5H2,1-2H3. The summed E-state index contributed by atoms with van der Waals surface area (Å²) >= 11 is 0. The fraction of sp³-hybridized carbons (Fsp3) is 0.300. The highest BCUT2D eigenvalue weighted by molar-refractivity contribution is 5.84. The van der Waals surface area contributed by atoms with Gasteiger partial charge < -0.3 is 10.1 Å². The first-order valence-electron chi connectivity index (χ1n) is 4.31. The topological polar surface area (TPSA) is 64.1 Å². The van der Waals surface area contributed by atoms with Gasteiger partial charge in [0.1, 0.15) is 0 Å². The van der Waals surface area contributed by atoms with E-state index in [1.165, 1.54) is 19.5 Å². The summed E-state index contributed by atoms with van der Waals surface area (Å²) in [7, 11) is 3.10. The van der Waals surface area contributed by atoms with Crippen molar-refractivity contribution in [2.24, 2.45) is 0 Å². The second kappa shape index (κ2) is 5.73. The fourth-order valence-electron chi connectivity index (χ4n) is 0.824. The van der Waals surface area contributed by atoms with Crippen molar-refractivity contribution in [3.05, 3.63) is 23.8 Å². The van der Waals surface area contributed by atoms with Gasteiger partial charge in [0.05, 0.1) is 19.2 Å². The van der Waals surface area contributed by atoms with Crippen LogP contribution in [-0.4, -0.2) is 36.6 Å². The monoisotopic (exact) mass is 205 g/mol. The van der Waals surface area contributed by atoms with Crippen LogP contribution in [0.25, 0.3) is 0 Å². The smallest absolute Gasteiger partial charge is 0.376 e. The summed E-state index contributed by atoms with van der Waals surface area (Å²) in [5, 5.41) is 2.89. The summed E-state index contributed by atoms with van der Waals surface area (Å²) in [5.74, 6) is 5.18. The van der Waals surface area contributed by atoms with Crippen LogP contribution in [0.4, 0.5) is 0 Å². The second-order valence-electron chi connectivity index (χ2n) is 2.62. The molecule has 0 bridgehead atoms. The van der Waals surface area contributed by atoms with Crippen molar-refractivity contribution in [1.82, 2.24) is 15.3 Å². The van der Waals surface area contributed by atoms with Gasteiger partial charge in [0.2, 0.25) is 5.82 Å². The third-order valence-electron chi connectivity index (χ3n) is 1.52. The number of rotatable bonds is 2. The average molecular weight is 205 g/mol. The fourth-order valence-corrected chi connectivity index (χ4v) is 0.824. The number of ether oxygens (including phenoxy) is 1. The first-order chi connectivity index (χ1) is 7.27. The summed E-state index contributed by atoms with van der Waals surface area (Å²) in [6, 6.07) is 0. The molecule has 1 aromatic rings. The maximum absolute atomic E-state index is 11.0. The minimum absolute atomic E-state index is 0.0386. The predicted molar refractivity (Wildman–Crippen MR) is 54.2 cm³/mol. The SMILES string of the molecule is CNCC#Cc1cnc(C(=O)OC)nc1. The minimum Gasteiger partial charge on any atom is -0.463 e. The van der Waals surface area contributed by atoms with E-state index in [-0.39, 0.29) is 5.82 Å². The Balaban J connectivity index is 2.73. The van der Waals surface area contributed by atoms with Gasteiger partial charge in [0.15, 0.2) is 0 Å². The van der Waals surface area contributed by atoms with Gasteiger partial charge in [-0.25, -0.2) is 14.8 Å². The number of aromatic nitrogens is 2. The molecule has 5 nitrogen and oxygen atoms in total. The predicted octanol–water partition coefficient (Wildman–Crippen LogP) is -0.166. The number of carbonyl (C=O) groups excluding carboxylic acids is 1. The highest BCUT2D eigenvalue weighted by atomic mass is 16.5. The molecule has 0 aliphatic carbocycles. The molecule has 0 saturated carbocycles. The molecule has 0 fully saturated rings. The Hall–Kier alpha value is -1.93. The lowest BCUT2D eigenvalue weighted by Crippen LogP contribution is -2.07. The normalized spacial score (nSPS) is 8.93. The molecule has 0 atom stereocenters. The van der Waals surface area contributed by atoms with E-state index in [4.69, 9.17) is 0 Å². The summed E-state index contributed by atoms with van der Waals surface area (Å²) in [6.07, 6.45) is 2.98. The Bertz CT molecular complexity index is 389. The Labute approximate surface area is 87.9 Å². The molecule has 0 aromatic carbocycles. The second-order valence-corrected chi connectivity index (χ2v) is 2.62. The molecule has 1 aromatic heterocycles. The highest BCUT2D eigenvalue weighted by Crippen LogP contribution is 1.95. The average Bonchev–Trinajstić information content (AvgIpc) is 2.29. The minimum atomic E-state index is -0.551. The van der Waals surface area contributed by atoms with Crippen LogP contribution in [0, 0.1) is 11.8 Å². The zero-order valence-electron chi connectivity index (χ0n) is 8.57. The lowest BCUT2D eigenvalue weighted by Gasteiger charge is -1.95. The molecule has 0 saturated heterocycles. The van der Waals surface area contributed by atoms with Crippen molar-refractivity contribution >= 4 is 5.97 Å². The molecule has 0 aliphatic rings. The lowest BCUT2D eigenvalue weighted by molar-refractivity contribution is 0.0586. The molecule has 15 heavy (non-hydrogen) atoms. The van der Waals surface area contributed by atoms with Crippen LogP contribution in [-0.2, 0) is 4.74 Å². The van der Waals surface area contributed by atoms with Crippen molar-refractivity contribution < 1.29 is 9.53 Å². The van der Waals surface area contributed by atoms with Crippen LogP contribution in [0.2, 0.25) is 0 Å². The van der Waals surface area contributed by atoms with Gasteiger partial charge >= 0.3 is 5.97 Å². The number of hydrogen-bond donors (Lipinski definition) is 1. The van der Waals surface area contributed by atoms with Crippen molar-refractivity contribution in [2.75, 3.05) is 20.7 Å². The number of nitrogens with one attached hydrogen (secondary N) is 1. The molecular formula is C10H11N3O2. The molecule has 0 aliphatic heterocycles. The lowest BCUT2D eigenvalue weighted by atomic mass is 10.3. The Kier molecular flexibility index (Phi) is 4.26. The molecule has 1 N–H and O–H groups in total. The van der Waals surface area contributed by atoms with Gasteiger partial charge in [0, 0.05) is 12.4 Å². The molecule has 0 unspecified atom stereocenters. The van der Waals surface area contributed by atoms with Crippen molar-refractivity contribution in [1.29, 1.82) is 0 Å². The molecule has 0 amide bonds. The van der Waals surface area contributed by atoms with Gasteiger partial charge in [-0.1, -0.05) is 11.8 Å². The zero-order valence-corrected chi connectivity index (χ0v) is 8.57. The summed E-state index contributed by atoms with van der Waals surface area (Å²) in [4.78, 5) is 18.6. The summed E-state index contributed by atoms with van der Waals surface area (Å²) < 4.78 is 4.46. The van der Waals surface area contributed by atoms with E-state index in [0.717, 1.165) is 0 Å². The van der Waals surface area contributed by atoms with Crippen LogP contribution in [0.1, 0.15) is 16.2 Å². The molecule has 5 heteroatoms. The maximum atomic E-state index is 11.0. The van der Waals surface area contributed by atoms with E-state index in [1.54, 1.807) is 0 Å². The Morgan fingerprint density at radius 1 is 1.53 bits per heavy atom. The van der Waals surface area contributed by atoms with E-state index in [2.05, 4.69) is 31.9 Å². The molecule has 1 rings (SSSR count). The largest absolute Gasteiger partial charge is 0.463 e. The highest BCUT2D eigenvalue weighted by Gasteiger charge is 2.07. The quantitative estimate of drug-likeness (QED) is 0.536. The van der Waals surface area contributed by atoms with E-state index in [9.17, 15) is 4.79 Å². The Morgan fingerprint density at radius 2 is 2.20 bits per heavy atom. The summed E-state index contributed by atoms with van der Waals surface area (Å²) in [5.41, 5.74) is 0.665. The van der Waals surface area contributed by atoms with Crippen LogP contribution < -0.4 is 5.32 Å². The number of methoxy groups -OCH3 is 1. The van der Waals surface area contributed by atoms with Crippen LogP contribution in [0.3, 0.4) is 0 Å².